The Balaban J connectivity index is 1.92. The van der Waals surface area contributed by atoms with Crippen LogP contribution in [0.15, 0.2) is 47.3 Å². The molecule has 3 aromatic rings. The van der Waals surface area contributed by atoms with E-state index in [1.807, 2.05) is 24.3 Å². The standard InChI is InChI=1S/C21H25N3O5/c1-23-19(21(25)24(8-10-26-2)13-15-7-9-29-14-15)12-18(22-23)17-11-16(27-3)5-6-20(17)28-4/h5-7,9,11-12,14H,8,10,13H2,1-4H3. The van der Waals surface area contributed by atoms with Crippen LogP contribution in [-0.4, -0.2) is 55.1 Å². The first kappa shape index (κ1) is 20.5. The lowest BCUT2D eigenvalue weighted by atomic mass is 10.1. The number of amides is 1. The molecule has 0 saturated heterocycles. The Bertz CT molecular complexity index is 949. The fourth-order valence-electron chi connectivity index (χ4n) is 3.03. The highest BCUT2D eigenvalue weighted by Gasteiger charge is 2.22. The number of carbonyl (C=O) groups is 1. The van der Waals surface area contributed by atoms with E-state index in [9.17, 15) is 4.79 Å². The monoisotopic (exact) mass is 399 g/mol. The van der Waals surface area contributed by atoms with Crippen LogP contribution in [0.25, 0.3) is 11.3 Å². The topological polar surface area (TPSA) is 79.0 Å². The van der Waals surface area contributed by atoms with Gasteiger partial charge in [0.05, 0.1) is 39.0 Å². The van der Waals surface area contributed by atoms with Crippen molar-refractivity contribution in [1.82, 2.24) is 14.7 Å². The third kappa shape index (κ3) is 4.60. The van der Waals surface area contributed by atoms with E-state index < -0.39 is 0 Å². The van der Waals surface area contributed by atoms with Crippen LogP contribution in [-0.2, 0) is 18.3 Å². The zero-order chi connectivity index (χ0) is 20.8. The Morgan fingerprint density at radius 1 is 1.17 bits per heavy atom. The molecule has 0 bridgehead atoms. The van der Waals surface area contributed by atoms with Gasteiger partial charge in [-0.1, -0.05) is 0 Å². The van der Waals surface area contributed by atoms with E-state index in [1.54, 1.807) is 56.6 Å². The number of benzene rings is 1. The zero-order valence-electron chi connectivity index (χ0n) is 17.0. The van der Waals surface area contributed by atoms with E-state index in [2.05, 4.69) is 5.10 Å². The molecule has 8 heteroatoms. The number of methoxy groups -OCH3 is 3. The summed E-state index contributed by atoms with van der Waals surface area (Å²) in [5, 5.41) is 4.53. The largest absolute Gasteiger partial charge is 0.497 e. The highest BCUT2D eigenvalue weighted by molar-refractivity contribution is 5.94. The van der Waals surface area contributed by atoms with E-state index >= 15 is 0 Å². The van der Waals surface area contributed by atoms with Gasteiger partial charge in [0, 0.05) is 38.4 Å². The fourth-order valence-corrected chi connectivity index (χ4v) is 3.03. The molecule has 0 aliphatic carbocycles. The summed E-state index contributed by atoms with van der Waals surface area (Å²) in [5.41, 5.74) is 2.75. The number of nitrogens with zero attached hydrogens (tertiary/aromatic N) is 3. The van der Waals surface area contributed by atoms with Crippen molar-refractivity contribution >= 4 is 5.91 Å². The van der Waals surface area contributed by atoms with E-state index in [0.29, 0.717) is 42.6 Å². The van der Waals surface area contributed by atoms with Gasteiger partial charge >= 0.3 is 0 Å². The molecule has 0 aliphatic rings. The summed E-state index contributed by atoms with van der Waals surface area (Å²) in [6.45, 7) is 1.29. The summed E-state index contributed by atoms with van der Waals surface area (Å²) in [7, 11) is 6.55. The van der Waals surface area contributed by atoms with Crippen LogP contribution < -0.4 is 9.47 Å². The van der Waals surface area contributed by atoms with E-state index in [-0.39, 0.29) is 5.91 Å². The lowest BCUT2D eigenvalue weighted by Crippen LogP contribution is -2.34. The van der Waals surface area contributed by atoms with Crippen molar-refractivity contribution in [2.45, 2.75) is 6.54 Å². The Morgan fingerprint density at radius 2 is 2.00 bits per heavy atom. The summed E-state index contributed by atoms with van der Waals surface area (Å²) >= 11 is 0. The molecule has 1 amide bonds. The molecule has 1 aromatic carbocycles. The Hall–Kier alpha value is -3.26. The molecule has 0 fully saturated rings. The number of furan rings is 1. The quantitative estimate of drug-likeness (QED) is 0.550. The number of hydrogen-bond donors (Lipinski definition) is 0. The number of carbonyl (C=O) groups excluding carboxylic acids is 1. The van der Waals surface area contributed by atoms with Crippen molar-refractivity contribution in [3.8, 4) is 22.8 Å². The molecule has 0 N–H and O–H groups in total. The summed E-state index contributed by atoms with van der Waals surface area (Å²) in [6, 6.07) is 9.06. The molecule has 0 spiro atoms. The van der Waals surface area contributed by atoms with Crippen molar-refractivity contribution in [2.75, 3.05) is 34.5 Å². The van der Waals surface area contributed by atoms with Crippen molar-refractivity contribution in [1.29, 1.82) is 0 Å². The van der Waals surface area contributed by atoms with Gasteiger partial charge in [-0.3, -0.25) is 9.48 Å². The molecule has 29 heavy (non-hydrogen) atoms. The molecule has 2 heterocycles. The molecule has 0 radical (unpaired) electrons. The smallest absolute Gasteiger partial charge is 0.272 e. The molecule has 2 aromatic heterocycles. The molecule has 0 saturated carbocycles. The Kier molecular flexibility index (Phi) is 6.56. The Morgan fingerprint density at radius 3 is 2.66 bits per heavy atom. The van der Waals surface area contributed by atoms with Crippen molar-refractivity contribution in [2.24, 2.45) is 7.05 Å². The van der Waals surface area contributed by atoms with E-state index in [0.717, 1.165) is 11.1 Å². The molecule has 0 unspecified atom stereocenters. The first-order valence-corrected chi connectivity index (χ1v) is 9.13. The van der Waals surface area contributed by atoms with Gasteiger partial charge in [0.25, 0.3) is 5.91 Å². The average molecular weight is 399 g/mol. The number of ether oxygens (including phenoxy) is 3. The number of hydrogen-bond acceptors (Lipinski definition) is 6. The number of aromatic nitrogens is 2. The van der Waals surface area contributed by atoms with E-state index in [1.165, 1.54) is 0 Å². The van der Waals surface area contributed by atoms with Crippen LogP contribution in [0.5, 0.6) is 11.5 Å². The maximum absolute atomic E-state index is 13.2. The third-order valence-electron chi connectivity index (χ3n) is 4.59. The first-order valence-electron chi connectivity index (χ1n) is 9.13. The zero-order valence-corrected chi connectivity index (χ0v) is 17.0. The van der Waals surface area contributed by atoms with Crippen LogP contribution in [0.1, 0.15) is 16.1 Å². The average Bonchev–Trinajstić information content (AvgIpc) is 3.39. The minimum absolute atomic E-state index is 0.147. The second-order valence-corrected chi connectivity index (χ2v) is 6.46. The van der Waals surface area contributed by atoms with Gasteiger partial charge in [0.1, 0.15) is 17.2 Å². The van der Waals surface area contributed by atoms with Gasteiger partial charge in [-0.25, -0.2) is 0 Å². The Labute approximate surface area is 169 Å². The van der Waals surface area contributed by atoms with Crippen molar-refractivity contribution in [3.05, 3.63) is 54.1 Å². The van der Waals surface area contributed by atoms with Gasteiger partial charge in [-0.05, 0) is 30.3 Å². The lowest BCUT2D eigenvalue weighted by molar-refractivity contribution is 0.0669. The molecular formula is C21H25N3O5. The van der Waals surface area contributed by atoms with Crippen molar-refractivity contribution in [3.63, 3.8) is 0 Å². The second-order valence-electron chi connectivity index (χ2n) is 6.46. The molecule has 0 atom stereocenters. The number of rotatable bonds is 9. The van der Waals surface area contributed by atoms with Gasteiger partial charge < -0.3 is 23.5 Å². The maximum Gasteiger partial charge on any atom is 0.272 e. The molecular weight excluding hydrogens is 374 g/mol. The highest BCUT2D eigenvalue weighted by Crippen LogP contribution is 2.33. The summed E-state index contributed by atoms with van der Waals surface area (Å²) < 4.78 is 22.6. The summed E-state index contributed by atoms with van der Waals surface area (Å²) in [4.78, 5) is 14.9. The molecule has 0 aliphatic heterocycles. The maximum atomic E-state index is 13.2. The van der Waals surface area contributed by atoms with Gasteiger partial charge in [-0.2, -0.15) is 5.10 Å². The lowest BCUT2D eigenvalue weighted by Gasteiger charge is -2.21. The summed E-state index contributed by atoms with van der Waals surface area (Å²) in [5.74, 6) is 1.19. The SMILES string of the molecule is COCCN(Cc1ccoc1)C(=O)c1cc(-c2cc(OC)ccc2OC)nn1C. The highest BCUT2D eigenvalue weighted by atomic mass is 16.5. The summed E-state index contributed by atoms with van der Waals surface area (Å²) in [6.07, 6.45) is 3.22. The normalized spacial score (nSPS) is 10.8. The molecule has 8 nitrogen and oxygen atoms in total. The number of aryl methyl sites for hydroxylation is 1. The van der Waals surface area contributed by atoms with Gasteiger partial charge in [0.2, 0.25) is 0 Å². The van der Waals surface area contributed by atoms with Crippen LogP contribution in [0.4, 0.5) is 0 Å². The van der Waals surface area contributed by atoms with Crippen LogP contribution in [0.2, 0.25) is 0 Å². The third-order valence-corrected chi connectivity index (χ3v) is 4.59. The van der Waals surface area contributed by atoms with Crippen molar-refractivity contribution < 1.29 is 23.4 Å². The van der Waals surface area contributed by atoms with Crippen LogP contribution >= 0.6 is 0 Å². The minimum atomic E-state index is -0.147. The van der Waals surface area contributed by atoms with Gasteiger partial charge in [0.15, 0.2) is 0 Å². The predicted molar refractivity (Wildman–Crippen MR) is 107 cm³/mol. The second kappa shape index (κ2) is 9.29. The first-order chi connectivity index (χ1) is 14.1. The van der Waals surface area contributed by atoms with Crippen LogP contribution in [0.3, 0.4) is 0 Å². The molecule has 154 valence electrons. The van der Waals surface area contributed by atoms with Gasteiger partial charge in [-0.15, -0.1) is 0 Å². The fraction of sp³-hybridized carbons (Fsp3) is 0.333. The van der Waals surface area contributed by atoms with Crippen LogP contribution in [0, 0.1) is 0 Å². The minimum Gasteiger partial charge on any atom is -0.497 e. The predicted octanol–water partition coefficient (Wildman–Crippen LogP) is 2.99. The molecule has 3 rings (SSSR count). The van der Waals surface area contributed by atoms with E-state index in [4.69, 9.17) is 18.6 Å².